The molecule has 0 aliphatic heterocycles. The molecule has 8 heteroatoms. The van der Waals surface area contributed by atoms with Gasteiger partial charge in [-0.3, -0.25) is 9.48 Å². The highest BCUT2D eigenvalue weighted by Gasteiger charge is 2.32. The smallest absolute Gasteiger partial charge is 0.383 e. The summed E-state index contributed by atoms with van der Waals surface area (Å²) in [6, 6.07) is 0. The van der Waals surface area contributed by atoms with Crippen molar-refractivity contribution < 1.29 is 22.7 Å². The van der Waals surface area contributed by atoms with Gasteiger partial charge >= 0.3 is 6.18 Å². The molecule has 1 aromatic heterocycles. The zero-order chi connectivity index (χ0) is 15.2. The van der Waals surface area contributed by atoms with Crippen LogP contribution < -0.4 is 0 Å². The highest BCUT2D eigenvalue weighted by atomic mass is 19.4. The fourth-order valence-corrected chi connectivity index (χ4v) is 1.48. The molecule has 0 spiro atoms. The molecule has 0 fully saturated rings. The van der Waals surface area contributed by atoms with Gasteiger partial charge in [0.05, 0.1) is 12.8 Å². The molecule has 20 heavy (non-hydrogen) atoms. The molecule has 0 aliphatic rings. The Morgan fingerprint density at radius 3 is 2.75 bits per heavy atom. The molecule has 1 aromatic rings. The van der Waals surface area contributed by atoms with Crippen molar-refractivity contribution in [2.24, 2.45) is 7.05 Å². The number of carbonyl (C=O) groups excluding carboxylic acids is 1. The number of nitrogens with zero attached hydrogens (tertiary/aromatic N) is 3. The van der Waals surface area contributed by atoms with E-state index in [1.165, 1.54) is 24.1 Å². The number of ether oxygens (including phenoxy) is 1. The topological polar surface area (TPSA) is 47.4 Å². The Labute approximate surface area is 114 Å². The minimum atomic E-state index is -4.44. The summed E-state index contributed by atoms with van der Waals surface area (Å²) in [5, 5.41) is 3.89. The molecule has 0 saturated heterocycles. The van der Waals surface area contributed by atoms with Gasteiger partial charge in [-0.1, -0.05) is 0 Å². The van der Waals surface area contributed by atoms with Crippen LogP contribution in [-0.4, -0.2) is 53.6 Å². The SMILES string of the molecule is COCCN(CC(F)(F)F)C(=O)/C=C/c1cnn(C)c1. The number of amides is 1. The number of hydrogen-bond acceptors (Lipinski definition) is 3. The lowest BCUT2D eigenvalue weighted by atomic mass is 10.3. The predicted octanol–water partition coefficient (Wildman–Crippen LogP) is 1.47. The average Bonchev–Trinajstić information content (AvgIpc) is 2.76. The lowest BCUT2D eigenvalue weighted by Crippen LogP contribution is -2.40. The normalized spacial score (nSPS) is 12.1. The van der Waals surface area contributed by atoms with E-state index in [0.717, 1.165) is 6.08 Å². The molecule has 0 aromatic carbocycles. The van der Waals surface area contributed by atoms with E-state index in [1.807, 2.05) is 0 Å². The van der Waals surface area contributed by atoms with E-state index in [0.29, 0.717) is 10.5 Å². The Kier molecular flexibility index (Phi) is 5.75. The summed E-state index contributed by atoms with van der Waals surface area (Å²) >= 11 is 0. The first-order valence-electron chi connectivity index (χ1n) is 5.83. The second kappa shape index (κ2) is 7.09. The van der Waals surface area contributed by atoms with Crippen LogP contribution in [0.1, 0.15) is 5.56 Å². The molecule has 1 rings (SSSR count). The van der Waals surface area contributed by atoms with Crippen LogP contribution in [0.2, 0.25) is 0 Å². The first-order valence-corrected chi connectivity index (χ1v) is 5.83. The molecule has 0 unspecified atom stereocenters. The van der Waals surface area contributed by atoms with Crippen molar-refractivity contribution in [3.63, 3.8) is 0 Å². The standard InChI is InChI=1S/C12H16F3N3O2/c1-17-8-10(7-16-17)3-4-11(19)18(5-6-20-2)9-12(13,14)15/h3-4,7-8H,5-6,9H2,1-2H3/b4-3+. The third-order valence-electron chi connectivity index (χ3n) is 2.39. The summed E-state index contributed by atoms with van der Waals surface area (Å²) in [6.45, 7) is -1.37. The van der Waals surface area contributed by atoms with Gasteiger partial charge in [-0.25, -0.2) is 0 Å². The van der Waals surface area contributed by atoms with Crippen LogP contribution in [-0.2, 0) is 16.6 Å². The molecular formula is C12H16F3N3O2. The lowest BCUT2D eigenvalue weighted by molar-refractivity contribution is -0.159. The highest BCUT2D eigenvalue weighted by Crippen LogP contribution is 2.16. The van der Waals surface area contributed by atoms with E-state index in [1.54, 1.807) is 13.2 Å². The largest absolute Gasteiger partial charge is 0.406 e. The number of methoxy groups -OCH3 is 1. The van der Waals surface area contributed by atoms with Gasteiger partial charge in [-0.2, -0.15) is 18.3 Å². The van der Waals surface area contributed by atoms with Gasteiger partial charge < -0.3 is 9.64 Å². The number of halogens is 3. The molecule has 5 nitrogen and oxygen atoms in total. The molecule has 112 valence electrons. The van der Waals surface area contributed by atoms with Gasteiger partial charge in [0.15, 0.2) is 0 Å². The molecule has 1 heterocycles. The summed E-state index contributed by atoms with van der Waals surface area (Å²) < 4.78 is 43.4. The third kappa shape index (κ3) is 5.87. The van der Waals surface area contributed by atoms with E-state index in [-0.39, 0.29) is 13.2 Å². The maximum atomic E-state index is 12.4. The zero-order valence-electron chi connectivity index (χ0n) is 11.2. The molecule has 0 saturated carbocycles. The average molecular weight is 291 g/mol. The number of aryl methyl sites for hydroxylation is 1. The van der Waals surface area contributed by atoms with Crippen molar-refractivity contribution in [1.29, 1.82) is 0 Å². The number of hydrogen-bond donors (Lipinski definition) is 0. The summed E-state index contributed by atoms with van der Waals surface area (Å²) in [7, 11) is 3.06. The van der Waals surface area contributed by atoms with Crippen molar-refractivity contribution >= 4 is 12.0 Å². The minimum Gasteiger partial charge on any atom is -0.383 e. The number of rotatable bonds is 6. The van der Waals surface area contributed by atoms with Gasteiger partial charge in [-0.05, 0) is 6.08 Å². The highest BCUT2D eigenvalue weighted by molar-refractivity contribution is 5.91. The molecule has 0 radical (unpaired) electrons. The first-order chi connectivity index (χ1) is 9.31. The van der Waals surface area contributed by atoms with Gasteiger partial charge in [0.1, 0.15) is 6.54 Å². The van der Waals surface area contributed by atoms with Crippen LogP contribution in [0.5, 0.6) is 0 Å². The number of carbonyl (C=O) groups is 1. The quantitative estimate of drug-likeness (QED) is 0.746. The Morgan fingerprint density at radius 1 is 1.55 bits per heavy atom. The summed E-state index contributed by atoms with van der Waals surface area (Å²) in [4.78, 5) is 12.5. The molecule has 0 aliphatic carbocycles. The van der Waals surface area contributed by atoms with Crippen molar-refractivity contribution in [1.82, 2.24) is 14.7 Å². The summed E-state index contributed by atoms with van der Waals surface area (Å²) in [6.07, 6.45) is 1.23. The molecule has 0 atom stereocenters. The van der Waals surface area contributed by atoms with E-state index in [9.17, 15) is 18.0 Å². The van der Waals surface area contributed by atoms with Crippen LogP contribution in [0.15, 0.2) is 18.5 Å². The monoisotopic (exact) mass is 291 g/mol. The predicted molar refractivity (Wildman–Crippen MR) is 66.8 cm³/mol. The Balaban J connectivity index is 2.69. The van der Waals surface area contributed by atoms with Gasteiger partial charge in [0.25, 0.3) is 0 Å². The van der Waals surface area contributed by atoms with Crippen molar-refractivity contribution in [3.05, 3.63) is 24.0 Å². The van der Waals surface area contributed by atoms with Crippen LogP contribution in [0, 0.1) is 0 Å². The second-order valence-corrected chi connectivity index (χ2v) is 4.15. The maximum Gasteiger partial charge on any atom is 0.406 e. The summed E-state index contributed by atoms with van der Waals surface area (Å²) in [5.74, 6) is -0.719. The van der Waals surface area contributed by atoms with Crippen LogP contribution >= 0.6 is 0 Å². The maximum absolute atomic E-state index is 12.4. The van der Waals surface area contributed by atoms with Crippen LogP contribution in [0.3, 0.4) is 0 Å². The molecule has 0 bridgehead atoms. The van der Waals surface area contributed by atoms with Gasteiger partial charge in [0, 0.05) is 38.5 Å². The van der Waals surface area contributed by atoms with Crippen LogP contribution in [0.25, 0.3) is 6.08 Å². The molecular weight excluding hydrogens is 275 g/mol. The van der Waals surface area contributed by atoms with E-state index in [4.69, 9.17) is 4.74 Å². The fraction of sp³-hybridized carbons (Fsp3) is 0.500. The molecule has 1 amide bonds. The minimum absolute atomic E-state index is 0.0442. The Morgan fingerprint density at radius 2 is 2.25 bits per heavy atom. The van der Waals surface area contributed by atoms with E-state index < -0.39 is 18.6 Å². The van der Waals surface area contributed by atoms with Gasteiger partial charge in [0.2, 0.25) is 5.91 Å². The Hall–Kier alpha value is -1.83. The van der Waals surface area contributed by atoms with Crippen LogP contribution in [0.4, 0.5) is 13.2 Å². The zero-order valence-corrected chi connectivity index (χ0v) is 11.2. The van der Waals surface area contributed by atoms with Crippen molar-refractivity contribution in [3.8, 4) is 0 Å². The van der Waals surface area contributed by atoms with E-state index >= 15 is 0 Å². The van der Waals surface area contributed by atoms with Crippen molar-refractivity contribution in [2.45, 2.75) is 6.18 Å². The second-order valence-electron chi connectivity index (χ2n) is 4.15. The summed E-state index contributed by atoms with van der Waals surface area (Å²) in [5.41, 5.74) is 0.638. The van der Waals surface area contributed by atoms with Crippen molar-refractivity contribution in [2.75, 3.05) is 26.8 Å². The Bertz CT molecular complexity index is 469. The lowest BCUT2D eigenvalue weighted by Gasteiger charge is -2.22. The number of alkyl halides is 3. The number of aromatic nitrogens is 2. The molecule has 0 N–H and O–H groups in total. The van der Waals surface area contributed by atoms with E-state index in [2.05, 4.69) is 5.10 Å². The van der Waals surface area contributed by atoms with Gasteiger partial charge in [-0.15, -0.1) is 0 Å². The fourth-order valence-electron chi connectivity index (χ4n) is 1.48. The third-order valence-corrected chi connectivity index (χ3v) is 2.39. The first kappa shape index (κ1) is 16.2.